The van der Waals surface area contributed by atoms with E-state index < -0.39 is 5.82 Å². The maximum absolute atomic E-state index is 13.5. The molecule has 0 aliphatic rings. The van der Waals surface area contributed by atoms with Gasteiger partial charge in [0.15, 0.2) is 5.11 Å². The molecular formula is C15H17FN2OS. The van der Waals surface area contributed by atoms with Gasteiger partial charge in [-0.1, -0.05) is 12.0 Å². The molecule has 0 fully saturated rings. The van der Waals surface area contributed by atoms with E-state index in [2.05, 4.69) is 16.6 Å². The van der Waals surface area contributed by atoms with Gasteiger partial charge in [0, 0.05) is 5.54 Å². The van der Waals surface area contributed by atoms with Crippen LogP contribution in [-0.4, -0.2) is 16.6 Å². The highest BCUT2D eigenvalue weighted by molar-refractivity contribution is 7.80. The lowest BCUT2D eigenvalue weighted by molar-refractivity contribution is -0.119. The molecule has 0 saturated carbocycles. The lowest BCUT2D eigenvalue weighted by atomic mass is 10.1. The van der Waals surface area contributed by atoms with E-state index in [0.717, 1.165) is 0 Å². The minimum absolute atomic E-state index is 0.0355. The van der Waals surface area contributed by atoms with Crippen LogP contribution >= 0.6 is 12.2 Å². The number of thiocarbonyl (C=S) groups is 1. The fraction of sp³-hybridized carbons (Fsp3) is 0.333. The smallest absolute Gasteiger partial charge is 0.230 e. The topological polar surface area (TPSA) is 41.1 Å². The van der Waals surface area contributed by atoms with Gasteiger partial charge in [0.1, 0.15) is 5.82 Å². The van der Waals surface area contributed by atoms with Crippen molar-refractivity contribution in [2.75, 3.05) is 0 Å². The number of rotatable bonds is 2. The Hall–Kier alpha value is -1.93. The van der Waals surface area contributed by atoms with Crippen molar-refractivity contribution in [3.8, 4) is 12.3 Å². The first kappa shape index (κ1) is 16.1. The Morgan fingerprint density at radius 2 is 2.10 bits per heavy atom. The molecule has 1 amide bonds. The van der Waals surface area contributed by atoms with Crippen LogP contribution in [0.1, 0.15) is 31.9 Å². The molecule has 0 radical (unpaired) electrons. The van der Waals surface area contributed by atoms with E-state index in [9.17, 15) is 9.18 Å². The van der Waals surface area contributed by atoms with Gasteiger partial charge in [-0.05, 0) is 50.7 Å². The highest BCUT2D eigenvalue weighted by Crippen LogP contribution is 2.10. The molecule has 1 aromatic carbocycles. The molecule has 1 aromatic rings. The number of nitrogens with one attached hydrogen (secondary N) is 2. The fourth-order valence-corrected chi connectivity index (χ4v) is 1.93. The third-order valence-electron chi connectivity index (χ3n) is 2.30. The predicted molar refractivity (Wildman–Crippen MR) is 81.7 cm³/mol. The molecule has 3 nitrogen and oxygen atoms in total. The summed E-state index contributed by atoms with van der Waals surface area (Å²) in [7, 11) is 0. The summed E-state index contributed by atoms with van der Waals surface area (Å²) in [6.45, 7) is 5.79. The summed E-state index contributed by atoms with van der Waals surface area (Å²) in [5, 5.41) is 5.77. The third kappa shape index (κ3) is 5.37. The van der Waals surface area contributed by atoms with Crippen molar-refractivity contribution in [3.63, 3.8) is 0 Å². The fourth-order valence-electron chi connectivity index (χ4n) is 1.51. The van der Waals surface area contributed by atoms with Gasteiger partial charge in [-0.15, -0.1) is 6.42 Å². The predicted octanol–water partition coefficient (Wildman–Crippen LogP) is 2.14. The van der Waals surface area contributed by atoms with Crippen molar-refractivity contribution in [2.45, 2.75) is 32.7 Å². The molecular weight excluding hydrogens is 275 g/mol. The van der Waals surface area contributed by atoms with Gasteiger partial charge in [0.2, 0.25) is 5.91 Å². The van der Waals surface area contributed by atoms with Crippen molar-refractivity contribution < 1.29 is 9.18 Å². The zero-order valence-electron chi connectivity index (χ0n) is 11.7. The molecule has 20 heavy (non-hydrogen) atoms. The van der Waals surface area contributed by atoms with Crippen LogP contribution in [0.3, 0.4) is 0 Å². The van der Waals surface area contributed by atoms with Crippen LogP contribution in [0.5, 0.6) is 0 Å². The van der Waals surface area contributed by atoms with Gasteiger partial charge >= 0.3 is 0 Å². The van der Waals surface area contributed by atoms with Crippen molar-refractivity contribution in [1.82, 2.24) is 10.6 Å². The standard InChI is InChI=1S/C15H17FN2OS/c1-5-11-7-6-10(8-12(11)16)9-13(19)17-14(20)18-15(2,3)4/h1,6-8H,9H2,2-4H3,(H2,17,18,19,20). The number of terminal acetylenes is 1. The van der Waals surface area contributed by atoms with Crippen LogP contribution in [0.25, 0.3) is 0 Å². The van der Waals surface area contributed by atoms with Gasteiger partial charge in [0.25, 0.3) is 0 Å². The molecule has 1 rings (SSSR count). The second-order valence-electron chi connectivity index (χ2n) is 5.39. The first-order valence-electron chi connectivity index (χ1n) is 6.08. The number of amides is 1. The molecule has 0 bridgehead atoms. The Morgan fingerprint density at radius 3 is 2.60 bits per heavy atom. The van der Waals surface area contributed by atoms with E-state index in [1.54, 1.807) is 6.07 Å². The van der Waals surface area contributed by atoms with Crippen molar-refractivity contribution in [1.29, 1.82) is 0 Å². The average molecular weight is 292 g/mol. The number of carbonyl (C=O) groups excluding carboxylic acids is 1. The van der Waals surface area contributed by atoms with Crippen LogP contribution in [0.2, 0.25) is 0 Å². The van der Waals surface area contributed by atoms with Gasteiger partial charge in [-0.3, -0.25) is 4.79 Å². The number of hydrogen-bond acceptors (Lipinski definition) is 2. The highest BCUT2D eigenvalue weighted by atomic mass is 32.1. The average Bonchev–Trinajstić information content (AvgIpc) is 2.25. The van der Waals surface area contributed by atoms with E-state index in [-0.39, 0.29) is 28.5 Å². The molecule has 0 saturated heterocycles. The summed E-state index contributed by atoms with van der Waals surface area (Å²) in [6.07, 6.45) is 5.17. The number of hydrogen-bond donors (Lipinski definition) is 2. The molecule has 0 heterocycles. The quantitative estimate of drug-likeness (QED) is 0.648. The van der Waals surface area contributed by atoms with Gasteiger partial charge in [0.05, 0.1) is 12.0 Å². The van der Waals surface area contributed by atoms with Gasteiger partial charge in [-0.2, -0.15) is 0 Å². The van der Waals surface area contributed by atoms with Crippen LogP contribution in [-0.2, 0) is 11.2 Å². The summed E-state index contributed by atoms with van der Waals surface area (Å²) >= 11 is 5.02. The molecule has 5 heteroatoms. The van der Waals surface area contributed by atoms with Crippen molar-refractivity contribution in [3.05, 3.63) is 35.1 Å². The molecule has 106 valence electrons. The zero-order chi connectivity index (χ0) is 15.3. The van der Waals surface area contributed by atoms with E-state index in [1.165, 1.54) is 12.1 Å². The molecule has 0 aliphatic carbocycles. The third-order valence-corrected chi connectivity index (χ3v) is 2.50. The molecule has 0 aromatic heterocycles. The molecule has 0 unspecified atom stereocenters. The Bertz CT molecular complexity index is 570. The maximum Gasteiger partial charge on any atom is 0.230 e. The summed E-state index contributed by atoms with van der Waals surface area (Å²) in [5.41, 5.74) is 0.488. The molecule has 0 atom stereocenters. The minimum Gasteiger partial charge on any atom is -0.358 e. The van der Waals surface area contributed by atoms with Crippen molar-refractivity contribution >= 4 is 23.2 Å². The molecule has 0 spiro atoms. The lowest BCUT2D eigenvalue weighted by Gasteiger charge is -2.22. The first-order chi connectivity index (χ1) is 9.21. The van der Waals surface area contributed by atoms with Gasteiger partial charge in [-0.25, -0.2) is 4.39 Å². The SMILES string of the molecule is C#Cc1ccc(CC(=O)NC(=S)NC(C)(C)C)cc1F. The Balaban J connectivity index is 2.61. The summed E-state index contributed by atoms with van der Waals surface area (Å²) in [6, 6.07) is 4.36. The molecule has 2 N–H and O–H groups in total. The van der Waals surface area contributed by atoms with E-state index in [0.29, 0.717) is 5.56 Å². The summed E-state index contributed by atoms with van der Waals surface area (Å²) in [4.78, 5) is 11.8. The minimum atomic E-state index is -0.506. The monoisotopic (exact) mass is 292 g/mol. The van der Waals surface area contributed by atoms with E-state index in [1.807, 2.05) is 20.8 Å². The first-order valence-corrected chi connectivity index (χ1v) is 6.49. The maximum atomic E-state index is 13.5. The highest BCUT2D eigenvalue weighted by Gasteiger charge is 2.13. The van der Waals surface area contributed by atoms with Crippen LogP contribution in [0.4, 0.5) is 4.39 Å². The second-order valence-corrected chi connectivity index (χ2v) is 5.80. The van der Waals surface area contributed by atoms with Crippen LogP contribution in [0, 0.1) is 18.2 Å². The zero-order valence-corrected chi connectivity index (χ0v) is 12.5. The van der Waals surface area contributed by atoms with Crippen LogP contribution in [0.15, 0.2) is 18.2 Å². The van der Waals surface area contributed by atoms with E-state index in [4.69, 9.17) is 18.6 Å². The summed E-state index contributed by atoms with van der Waals surface area (Å²) in [5.74, 6) is 1.42. The number of carbonyl (C=O) groups is 1. The van der Waals surface area contributed by atoms with Crippen LogP contribution < -0.4 is 10.6 Å². The van der Waals surface area contributed by atoms with Gasteiger partial charge < -0.3 is 10.6 Å². The summed E-state index contributed by atoms with van der Waals surface area (Å²) < 4.78 is 13.5. The normalized spacial score (nSPS) is 10.6. The Kier molecular flexibility index (Phi) is 5.23. The second kappa shape index (κ2) is 6.49. The molecule has 0 aliphatic heterocycles. The number of halogens is 1. The number of benzene rings is 1. The largest absolute Gasteiger partial charge is 0.358 e. The lowest BCUT2D eigenvalue weighted by Crippen LogP contribution is -2.48. The van der Waals surface area contributed by atoms with Crippen molar-refractivity contribution in [2.24, 2.45) is 0 Å². The van der Waals surface area contributed by atoms with E-state index >= 15 is 0 Å². The Morgan fingerprint density at radius 1 is 1.45 bits per heavy atom. The Labute approximate surface area is 124 Å².